The standard InChI is InChI=1S/C28H32NO4P/c1-33-25-20-12-11-19-24(25)27(30)28(31)26(21-13-5-2-6-14-21)29-34(32,22-15-7-3-8-16-22)23-17-9-4-10-18-23/h3-4,7-12,15-21,26,28,31H,2,5-6,13-14H2,1H3,(H,29,32)/t26-,28+/m1/s1. The van der Waals surface area contributed by atoms with E-state index in [1.807, 2.05) is 60.7 Å². The van der Waals surface area contributed by atoms with E-state index in [2.05, 4.69) is 5.09 Å². The lowest BCUT2D eigenvalue weighted by Crippen LogP contribution is -2.50. The van der Waals surface area contributed by atoms with Crippen LogP contribution in [0.15, 0.2) is 84.9 Å². The van der Waals surface area contributed by atoms with Gasteiger partial charge in [0.25, 0.3) is 0 Å². The molecule has 6 heteroatoms. The van der Waals surface area contributed by atoms with Gasteiger partial charge in [0.15, 0.2) is 5.78 Å². The summed E-state index contributed by atoms with van der Waals surface area (Å²) in [6.45, 7) is 0. The molecule has 5 nitrogen and oxygen atoms in total. The highest BCUT2D eigenvalue weighted by Gasteiger charge is 2.40. The molecule has 0 aromatic heterocycles. The van der Waals surface area contributed by atoms with Gasteiger partial charge < -0.3 is 9.84 Å². The van der Waals surface area contributed by atoms with E-state index in [4.69, 9.17) is 4.74 Å². The van der Waals surface area contributed by atoms with Crippen LogP contribution in [0.2, 0.25) is 0 Å². The van der Waals surface area contributed by atoms with Crippen molar-refractivity contribution >= 4 is 23.7 Å². The van der Waals surface area contributed by atoms with E-state index in [-0.39, 0.29) is 5.92 Å². The Bertz CT molecular complexity index is 1090. The molecule has 178 valence electrons. The van der Waals surface area contributed by atoms with Crippen LogP contribution in [0.5, 0.6) is 5.75 Å². The Kier molecular flexibility index (Phi) is 7.99. The van der Waals surface area contributed by atoms with Crippen molar-refractivity contribution < 1.29 is 19.2 Å². The van der Waals surface area contributed by atoms with Gasteiger partial charge in [0.05, 0.1) is 12.7 Å². The van der Waals surface area contributed by atoms with Crippen molar-refractivity contribution in [1.82, 2.24) is 5.09 Å². The van der Waals surface area contributed by atoms with Gasteiger partial charge in [-0.2, -0.15) is 0 Å². The van der Waals surface area contributed by atoms with Crippen molar-refractivity contribution in [3.05, 3.63) is 90.5 Å². The van der Waals surface area contributed by atoms with Crippen LogP contribution >= 0.6 is 7.29 Å². The first-order valence-corrected chi connectivity index (χ1v) is 13.6. The Hall–Kier alpha value is -2.72. The van der Waals surface area contributed by atoms with Gasteiger partial charge in [-0.25, -0.2) is 0 Å². The maximum Gasteiger partial charge on any atom is 0.204 e. The number of Topliss-reactive ketones (excluding diaryl/α,β-unsaturated/α-hetero) is 1. The van der Waals surface area contributed by atoms with E-state index >= 15 is 0 Å². The molecule has 4 rings (SSSR count). The second-order valence-corrected chi connectivity index (χ2v) is 11.4. The molecule has 0 bridgehead atoms. The third kappa shape index (κ3) is 5.17. The Balaban J connectivity index is 1.75. The first kappa shape index (κ1) is 24.4. The summed E-state index contributed by atoms with van der Waals surface area (Å²) in [5, 5.41) is 16.1. The molecule has 1 aliphatic carbocycles. The molecule has 0 radical (unpaired) electrons. The first-order valence-electron chi connectivity index (χ1n) is 11.9. The van der Waals surface area contributed by atoms with Crippen molar-refractivity contribution in [3.8, 4) is 5.75 Å². The Morgan fingerprint density at radius 3 is 1.97 bits per heavy atom. The highest BCUT2D eigenvalue weighted by Crippen LogP contribution is 2.42. The van der Waals surface area contributed by atoms with E-state index < -0.39 is 25.2 Å². The van der Waals surface area contributed by atoms with Crippen LogP contribution in [-0.2, 0) is 4.57 Å². The van der Waals surface area contributed by atoms with E-state index in [1.54, 1.807) is 24.3 Å². The molecule has 2 atom stereocenters. The minimum absolute atomic E-state index is 0.0307. The number of nitrogens with one attached hydrogen (secondary N) is 1. The predicted octanol–water partition coefficient (Wildman–Crippen LogP) is 4.71. The molecule has 0 saturated heterocycles. The zero-order valence-corrected chi connectivity index (χ0v) is 20.4. The lowest BCUT2D eigenvalue weighted by atomic mass is 9.80. The summed E-state index contributed by atoms with van der Waals surface area (Å²) in [6.07, 6.45) is 3.57. The number of para-hydroxylation sites is 1. The molecule has 2 N–H and O–H groups in total. The largest absolute Gasteiger partial charge is 0.496 e. The van der Waals surface area contributed by atoms with Crippen molar-refractivity contribution in [2.75, 3.05) is 7.11 Å². The summed E-state index contributed by atoms with van der Waals surface area (Å²) in [7, 11) is -1.84. The van der Waals surface area contributed by atoms with Crippen molar-refractivity contribution in [3.63, 3.8) is 0 Å². The number of hydrogen-bond acceptors (Lipinski definition) is 4. The summed E-state index contributed by atoms with van der Waals surface area (Å²) in [6, 6.07) is 24.8. The molecule has 1 aliphatic rings. The second-order valence-electron chi connectivity index (χ2n) is 8.84. The molecule has 0 heterocycles. The molecule has 0 aliphatic heterocycles. The molecular weight excluding hydrogens is 445 g/mol. The number of hydrogen-bond donors (Lipinski definition) is 2. The second kappa shape index (κ2) is 11.1. The summed E-state index contributed by atoms with van der Waals surface area (Å²) in [4.78, 5) is 13.5. The van der Waals surface area contributed by atoms with E-state index in [0.29, 0.717) is 21.9 Å². The van der Waals surface area contributed by atoms with Crippen LogP contribution in [0.1, 0.15) is 42.5 Å². The number of carbonyl (C=O) groups excluding carboxylic acids is 1. The van der Waals surface area contributed by atoms with Gasteiger partial charge in [-0.05, 0) is 55.2 Å². The van der Waals surface area contributed by atoms with Crippen LogP contribution in [-0.4, -0.2) is 30.1 Å². The van der Waals surface area contributed by atoms with Gasteiger partial charge in [-0.1, -0.05) is 67.8 Å². The molecule has 1 fully saturated rings. The fraction of sp³-hybridized carbons (Fsp3) is 0.321. The number of aliphatic hydroxyl groups is 1. The molecule has 0 spiro atoms. The third-order valence-corrected chi connectivity index (χ3v) is 9.42. The van der Waals surface area contributed by atoms with E-state index in [1.165, 1.54) is 7.11 Å². The number of aliphatic hydroxyl groups excluding tert-OH is 1. The van der Waals surface area contributed by atoms with Crippen LogP contribution in [0, 0.1) is 5.92 Å². The van der Waals surface area contributed by atoms with Gasteiger partial charge in [0.2, 0.25) is 7.29 Å². The minimum Gasteiger partial charge on any atom is -0.496 e. The number of benzene rings is 3. The van der Waals surface area contributed by atoms with E-state index in [9.17, 15) is 14.5 Å². The lowest BCUT2D eigenvalue weighted by molar-refractivity contribution is 0.0579. The highest BCUT2D eigenvalue weighted by atomic mass is 31.2. The monoisotopic (exact) mass is 477 g/mol. The summed E-state index contributed by atoms with van der Waals surface area (Å²) >= 11 is 0. The average Bonchev–Trinajstić information content (AvgIpc) is 2.92. The minimum atomic E-state index is -3.34. The zero-order chi connectivity index (χ0) is 24.0. The van der Waals surface area contributed by atoms with Crippen LogP contribution in [0.3, 0.4) is 0 Å². The van der Waals surface area contributed by atoms with Crippen molar-refractivity contribution in [1.29, 1.82) is 0 Å². The predicted molar refractivity (Wildman–Crippen MR) is 137 cm³/mol. The number of ketones is 1. The summed E-state index contributed by atoms with van der Waals surface area (Å²) < 4.78 is 20.1. The maximum atomic E-state index is 14.7. The molecule has 0 amide bonds. The van der Waals surface area contributed by atoms with Gasteiger partial charge >= 0.3 is 0 Å². The Morgan fingerprint density at radius 2 is 1.41 bits per heavy atom. The number of methoxy groups -OCH3 is 1. The third-order valence-electron chi connectivity index (χ3n) is 6.71. The molecule has 3 aromatic rings. The molecule has 0 unspecified atom stereocenters. The summed E-state index contributed by atoms with van der Waals surface area (Å²) in [5.74, 6) is 0.0274. The first-order chi connectivity index (χ1) is 16.5. The SMILES string of the molecule is COc1ccccc1C(=O)[C@@H](O)[C@H](NP(=O)(c1ccccc1)c1ccccc1)C1CCCCC1. The number of rotatable bonds is 9. The fourth-order valence-corrected chi connectivity index (χ4v) is 7.43. The molecule has 34 heavy (non-hydrogen) atoms. The van der Waals surface area contributed by atoms with Gasteiger partial charge in [0.1, 0.15) is 11.9 Å². The van der Waals surface area contributed by atoms with Crippen LogP contribution in [0.4, 0.5) is 0 Å². The average molecular weight is 478 g/mol. The van der Waals surface area contributed by atoms with Crippen molar-refractivity contribution in [2.45, 2.75) is 44.2 Å². The number of carbonyl (C=O) groups is 1. The fourth-order valence-electron chi connectivity index (χ4n) is 4.88. The molecular formula is C28H32NO4P. The normalized spacial score (nSPS) is 16.5. The molecule has 3 aromatic carbocycles. The smallest absolute Gasteiger partial charge is 0.204 e. The van der Waals surface area contributed by atoms with E-state index in [0.717, 1.165) is 32.1 Å². The molecule has 1 saturated carbocycles. The van der Waals surface area contributed by atoms with Gasteiger partial charge in [-0.15, -0.1) is 0 Å². The lowest BCUT2D eigenvalue weighted by Gasteiger charge is -2.36. The van der Waals surface area contributed by atoms with Crippen LogP contribution < -0.4 is 20.4 Å². The zero-order valence-electron chi connectivity index (χ0n) is 19.5. The highest BCUT2D eigenvalue weighted by molar-refractivity contribution is 7.76. The van der Waals surface area contributed by atoms with Crippen LogP contribution in [0.25, 0.3) is 0 Å². The maximum absolute atomic E-state index is 14.7. The Labute approximate surface area is 201 Å². The summed E-state index contributed by atoms with van der Waals surface area (Å²) in [5.41, 5.74) is 0.328. The quantitative estimate of drug-likeness (QED) is 0.345. The van der Waals surface area contributed by atoms with Gasteiger partial charge in [0, 0.05) is 16.7 Å². The van der Waals surface area contributed by atoms with Gasteiger partial charge in [-0.3, -0.25) is 14.4 Å². The Morgan fingerprint density at radius 1 is 0.882 bits per heavy atom. The topological polar surface area (TPSA) is 75.6 Å². The van der Waals surface area contributed by atoms with Crippen molar-refractivity contribution in [2.24, 2.45) is 5.92 Å². The number of ether oxygens (including phenoxy) is 1.